The molecule has 6 heteroatoms. The predicted octanol–water partition coefficient (Wildman–Crippen LogP) is 15.3. The van der Waals surface area contributed by atoms with Crippen LogP contribution in [0, 0.1) is 17.8 Å². The number of unbranched alkanes of at least 4 members (excludes halogenated alkanes) is 22. The zero-order valence-corrected chi connectivity index (χ0v) is 40.4. The maximum absolute atomic E-state index is 12.5. The fourth-order valence-electron chi connectivity index (χ4n) is 9.31. The summed E-state index contributed by atoms with van der Waals surface area (Å²) in [5.74, 6) is 2.02. The molecule has 59 heavy (non-hydrogen) atoms. The summed E-state index contributed by atoms with van der Waals surface area (Å²) in [6.07, 6.45) is 46.0. The van der Waals surface area contributed by atoms with Crippen LogP contribution in [0.25, 0.3) is 0 Å². The molecule has 1 N–H and O–H groups in total. The van der Waals surface area contributed by atoms with Crippen LogP contribution in [0.2, 0.25) is 0 Å². The average molecular weight is 833 g/mol. The Bertz CT molecular complexity index is 813. The maximum Gasteiger partial charge on any atom is 0.306 e. The predicted molar refractivity (Wildman–Crippen MR) is 255 cm³/mol. The molecule has 0 aliphatic carbocycles. The van der Waals surface area contributed by atoms with Crippen LogP contribution >= 0.6 is 0 Å². The van der Waals surface area contributed by atoms with Gasteiger partial charge in [0.2, 0.25) is 0 Å². The van der Waals surface area contributed by atoms with Crippen LogP contribution in [0.1, 0.15) is 265 Å². The van der Waals surface area contributed by atoms with Gasteiger partial charge in [0.25, 0.3) is 0 Å². The number of hydrogen-bond acceptors (Lipinski definition) is 6. The summed E-state index contributed by atoms with van der Waals surface area (Å²) in [4.78, 5) is 27.7. The van der Waals surface area contributed by atoms with Gasteiger partial charge < -0.3 is 19.7 Å². The molecule has 0 aromatic heterocycles. The van der Waals surface area contributed by atoms with Crippen molar-refractivity contribution in [3.8, 4) is 0 Å². The first-order chi connectivity index (χ1) is 29.0. The number of piperazine rings is 1. The number of rotatable bonds is 45. The van der Waals surface area contributed by atoms with Gasteiger partial charge in [-0.3, -0.25) is 9.59 Å². The minimum atomic E-state index is 0.0439. The standard InChI is InChI=1S/C53H104N2O4/c1-5-9-25-35-50(36-26-10-6-2)47-52(56)58-45-31-23-19-15-13-17-21-29-33-49(39-42-55-43-40-54-41-44-55)34-30-22-18-14-16-20-24-32-46-59-53(57)48-51(37-27-11-7-3)38-28-12-8-4/h49-51,54H,5-48H2,1-4H3. The molecule has 6 nitrogen and oxygen atoms in total. The minimum absolute atomic E-state index is 0.0439. The van der Waals surface area contributed by atoms with Crippen LogP contribution in [0.3, 0.4) is 0 Å². The molecule has 1 rings (SSSR count). The number of nitrogens with zero attached hydrogens (tertiary/aromatic N) is 1. The first-order valence-electron chi connectivity index (χ1n) is 26.8. The molecule has 0 unspecified atom stereocenters. The third-order valence-corrected chi connectivity index (χ3v) is 13.4. The SMILES string of the molecule is CCCCCC(CCCCC)CC(=O)OCCCCCCCCCCC(CCCCCCCCCCOC(=O)CC(CCCCC)CCCCC)CCN1CCNCC1. The lowest BCUT2D eigenvalue weighted by Gasteiger charge is -2.29. The molecule has 0 spiro atoms. The molecule has 0 radical (unpaired) electrons. The smallest absolute Gasteiger partial charge is 0.306 e. The zero-order chi connectivity index (χ0) is 42.7. The molecule has 0 bridgehead atoms. The molecule has 1 fully saturated rings. The number of ether oxygens (including phenoxy) is 2. The second-order valence-corrected chi connectivity index (χ2v) is 19.0. The van der Waals surface area contributed by atoms with Gasteiger partial charge in [0.1, 0.15) is 0 Å². The van der Waals surface area contributed by atoms with Gasteiger partial charge in [-0.25, -0.2) is 0 Å². The van der Waals surface area contributed by atoms with Crippen LogP contribution in [-0.4, -0.2) is 62.8 Å². The number of hydrogen-bond donors (Lipinski definition) is 1. The fourth-order valence-corrected chi connectivity index (χ4v) is 9.31. The molecular weight excluding hydrogens is 729 g/mol. The van der Waals surface area contributed by atoms with Crippen molar-refractivity contribution in [1.29, 1.82) is 0 Å². The summed E-state index contributed by atoms with van der Waals surface area (Å²) in [6.45, 7) is 16.3. The van der Waals surface area contributed by atoms with Gasteiger partial charge in [-0.15, -0.1) is 0 Å². The molecule has 1 aliphatic rings. The maximum atomic E-state index is 12.5. The molecule has 0 saturated carbocycles. The van der Waals surface area contributed by atoms with Crippen LogP contribution in [0.4, 0.5) is 0 Å². The van der Waals surface area contributed by atoms with Gasteiger partial charge in [0, 0.05) is 39.0 Å². The van der Waals surface area contributed by atoms with Gasteiger partial charge in [-0.05, 0) is 69.2 Å². The Morgan fingerprint density at radius 3 is 1.07 bits per heavy atom. The molecule has 350 valence electrons. The third-order valence-electron chi connectivity index (χ3n) is 13.4. The van der Waals surface area contributed by atoms with E-state index in [0.29, 0.717) is 37.9 Å². The summed E-state index contributed by atoms with van der Waals surface area (Å²) in [7, 11) is 0. The average Bonchev–Trinajstić information content (AvgIpc) is 3.24. The summed E-state index contributed by atoms with van der Waals surface area (Å²) in [5.41, 5.74) is 0. The van der Waals surface area contributed by atoms with Crippen molar-refractivity contribution in [2.24, 2.45) is 17.8 Å². The zero-order valence-electron chi connectivity index (χ0n) is 40.4. The van der Waals surface area contributed by atoms with E-state index < -0.39 is 0 Å². The van der Waals surface area contributed by atoms with Gasteiger partial charge >= 0.3 is 11.9 Å². The van der Waals surface area contributed by atoms with Crippen molar-refractivity contribution in [2.45, 2.75) is 265 Å². The first kappa shape index (κ1) is 55.9. The topological polar surface area (TPSA) is 67.9 Å². The van der Waals surface area contributed by atoms with Crippen LogP contribution in [-0.2, 0) is 19.1 Å². The number of carbonyl (C=O) groups excluding carboxylic acids is 2. The van der Waals surface area contributed by atoms with E-state index in [2.05, 4.69) is 37.9 Å². The lowest BCUT2D eigenvalue weighted by Crippen LogP contribution is -2.44. The van der Waals surface area contributed by atoms with Gasteiger partial charge in [-0.1, -0.05) is 207 Å². The van der Waals surface area contributed by atoms with Gasteiger partial charge in [0.05, 0.1) is 13.2 Å². The van der Waals surface area contributed by atoms with E-state index in [4.69, 9.17) is 9.47 Å². The number of nitrogens with one attached hydrogen (secondary N) is 1. The second kappa shape index (κ2) is 43.5. The molecule has 0 atom stereocenters. The highest BCUT2D eigenvalue weighted by atomic mass is 16.5. The van der Waals surface area contributed by atoms with Crippen molar-refractivity contribution >= 4 is 11.9 Å². The molecule has 0 amide bonds. The molecular formula is C53H104N2O4. The second-order valence-electron chi connectivity index (χ2n) is 19.0. The number of carbonyl (C=O) groups is 2. The van der Waals surface area contributed by atoms with Crippen LogP contribution in [0.5, 0.6) is 0 Å². The summed E-state index contributed by atoms with van der Waals surface area (Å²) < 4.78 is 11.3. The lowest BCUT2D eigenvalue weighted by molar-refractivity contribution is -0.146. The largest absolute Gasteiger partial charge is 0.466 e. The lowest BCUT2D eigenvalue weighted by atomic mass is 9.91. The van der Waals surface area contributed by atoms with E-state index in [1.165, 1.54) is 232 Å². The Balaban J connectivity index is 2.14. The van der Waals surface area contributed by atoms with Gasteiger partial charge in [-0.2, -0.15) is 0 Å². The highest BCUT2D eigenvalue weighted by Gasteiger charge is 2.17. The highest BCUT2D eigenvalue weighted by Crippen LogP contribution is 2.25. The molecule has 0 aromatic rings. The Labute approximate surface area is 369 Å². The minimum Gasteiger partial charge on any atom is -0.466 e. The van der Waals surface area contributed by atoms with Gasteiger partial charge in [0.15, 0.2) is 0 Å². The van der Waals surface area contributed by atoms with Crippen molar-refractivity contribution in [2.75, 3.05) is 45.9 Å². The van der Waals surface area contributed by atoms with Crippen molar-refractivity contribution in [3.63, 3.8) is 0 Å². The molecule has 1 saturated heterocycles. The summed E-state index contributed by atoms with van der Waals surface area (Å²) >= 11 is 0. The molecule has 1 heterocycles. The number of esters is 2. The van der Waals surface area contributed by atoms with E-state index in [1.54, 1.807) is 0 Å². The fraction of sp³-hybridized carbons (Fsp3) is 0.962. The quantitative estimate of drug-likeness (QED) is 0.0487. The Morgan fingerprint density at radius 1 is 0.407 bits per heavy atom. The van der Waals surface area contributed by atoms with Crippen LogP contribution < -0.4 is 5.32 Å². The monoisotopic (exact) mass is 833 g/mol. The van der Waals surface area contributed by atoms with E-state index in [0.717, 1.165) is 31.8 Å². The molecule has 0 aromatic carbocycles. The van der Waals surface area contributed by atoms with E-state index in [9.17, 15) is 9.59 Å². The highest BCUT2D eigenvalue weighted by molar-refractivity contribution is 5.70. The Hall–Kier alpha value is -1.14. The summed E-state index contributed by atoms with van der Waals surface area (Å²) in [6, 6.07) is 0. The van der Waals surface area contributed by atoms with Crippen molar-refractivity contribution in [1.82, 2.24) is 10.2 Å². The van der Waals surface area contributed by atoms with E-state index in [1.807, 2.05) is 0 Å². The first-order valence-corrected chi connectivity index (χ1v) is 26.8. The Morgan fingerprint density at radius 2 is 0.712 bits per heavy atom. The Kier molecular flexibility index (Phi) is 41.2. The van der Waals surface area contributed by atoms with Crippen LogP contribution in [0.15, 0.2) is 0 Å². The van der Waals surface area contributed by atoms with E-state index in [-0.39, 0.29) is 11.9 Å². The molecule has 1 aliphatic heterocycles. The third kappa shape index (κ3) is 37.2. The normalized spacial score (nSPS) is 13.6. The van der Waals surface area contributed by atoms with Crippen molar-refractivity contribution in [3.05, 3.63) is 0 Å². The summed E-state index contributed by atoms with van der Waals surface area (Å²) in [5, 5.41) is 3.52. The van der Waals surface area contributed by atoms with E-state index >= 15 is 0 Å². The van der Waals surface area contributed by atoms with Crippen molar-refractivity contribution < 1.29 is 19.1 Å².